The number of aliphatic hydroxyl groups is 1. The molecule has 1 aliphatic heterocycles. The molecule has 4 nitrogen and oxygen atoms in total. The van der Waals surface area contributed by atoms with Gasteiger partial charge in [0.05, 0.1) is 7.11 Å². The summed E-state index contributed by atoms with van der Waals surface area (Å²) in [7, 11) is 1.38. The second kappa shape index (κ2) is 4.30. The number of likely N-dealkylation sites (tertiary alicyclic amines) is 1. The van der Waals surface area contributed by atoms with E-state index in [1.54, 1.807) is 4.90 Å². The van der Waals surface area contributed by atoms with Gasteiger partial charge in [0.1, 0.15) is 0 Å². The number of carbonyl (C=O) groups excluding carboxylic acids is 1. The summed E-state index contributed by atoms with van der Waals surface area (Å²) in [6, 6.07) is 0. The lowest BCUT2D eigenvalue weighted by Gasteiger charge is -2.30. The van der Waals surface area contributed by atoms with E-state index in [1.165, 1.54) is 7.11 Å². The first-order valence-corrected chi connectivity index (χ1v) is 4.21. The average molecular weight is 173 g/mol. The number of piperidine rings is 1. The predicted molar refractivity (Wildman–Crippen MR) is 43.8 cm³/mol. The molecule has 1 saturated heterocycles. The summed E-state index contributed by atoms with van der Waals surface area (Å²) >= 11 is 0. The molecule has 0 aromatic heterocycles. The first-order chi connectivity index (χ1) is 5.77. The molecule has 0 unspecified atom stereocenters. The molecule has 0 radical (unpaired) electrons. The summed E-state index contributed by atoms with van der Waals surface area (Å²) in [5.74, 6) is 0.234. The molecule has 1 aliphatic rings. The number of nitrogens with zero attached hydrogens (tertiary/aromatic N) is 1. The molecule has 1 N–H and O–H groups in total. The first-order valence-electron chi connectivity index (χ1n) is 4.21. The smallest absolute Gasteiger partial charge is 0.409 e. The van der Waals surface area contributed by atoms with E-state index in [1.807, 2.05) is 0 Å². The van der Waals surface area contributed by atoms with Crippen LogP contribution in [-0.4, -0.2) is 42.9 Å². The van der Waals surface area contributed by atoms with Gasteiger partial charge in [0.25, 0.3) is 0 Å². The van der Waals surface area contributed by atoms with Crippen LogP contribution in [0.15, 0.2) is 0 Å². The SMILES string of the molecule is COC(=O)N1CCC[C@H](CO)C1. The third-order valence-electron chi connectivity index (χ3n) is 2.21. The summed E-state index contributed by atoms with van der Waals surface area (Å²) in [6.07, 6.45) is 1.68. The minimum atomic E-state index is -0.284. The highest BCUT2D eigenvalue weighted by atomic mass is 16.5. The number of amides is 1. The molecule has 0 aliphatic carbocycles. The lowest BCUT2D eigenvalue weighted by molar-refractivity contribution is 0.0868. The third kappa shape index (κ3) is 2.11. The van der Waals surface area contributed by atoms with E-state index < -0.39 is 0 Å². The van der Waals surface area contributed by atoms with Crippen molar-refractivity contribution in [3.8, 4) is 0 Å². The minimum Gasteiger partial charge on any atom is -0.453 e. The van der Waals surface area contributed by atoms with Crippen LogP contribution in [0.4, 0.5) is 4.79 Å². The van der Waals surface area contributed by atoms with E-state index in [4.69, 9.17) is 5.11 Å². The Bertz CT molecular complexity index is 160. The Morgan fingerprint density at radius 3 is 3.08 bits per heavy atom. The number of carbonyl (C=O) groups is 1. The Hall–Kier alpha value is -0.770. The predicted octanol–water partition coefficient (Wildman–Crippen LogP) is 0.457. The van der Waals surface area contributed by atoms with Gasteiger partial charge in [-0.05, 0) is 18.8 Å². The van der Waals surface area contributed by atoms with Gasteiger partial charge in [-0.15, -0.1) is 0 Å². The normalized spacial score (nSPS) is 23.8. The van der Waals surface area contributed by atoms with Gasteiger partial charge in [-0.2, -0.15) is 0 Å². The maximum absolute atomic E-state index is 11.1. The molecule has 70 valence electrons. The number of hydrogen-bond acceptors (Lipinski definition) is 3. The summed E-state index contributed by atoms with van der Waals surface area (Å²) in [4.78, 5) is 12.7. The van der Waals surface area contributed by atoms with Crippen LogP contribution >= 0.6 is 0 Å². The van der Waals surface area contributed by atoms with Crippen molar-refractivity contribution >= 4 is 6.09 Å². The van der Waals surface area contributed by atoms with Gasteiger partial charge in [0.15, 0.2) is 0 Å². The maximum Gasteiger partial charge on any atom is 0.409 e. The summed E-state index contributed by atoms with van der Waals surface area (Å²) in [6.45, 7) is 1.54. The molecular formula is C8H15NO3. The largest absolute Gasteiger partial charge is 0.453 e. The molecule has 0 spiro atoms. The maximum atomic E-state index is 11.1. The molecule has 0 aromatic carbocycles. The molecule has 4 heteroatoms. The Labute approximate surface area is 72.1 Å². The number of hydrogen-bond donors (Lipinski definition) is 1. The van der Waals surface area contributed by atoms with Gasteiger partial charge < -0.3 is 14.7 Å². The van der Waals surface area contributed by atoms with E-state index in [0.29, 0.717) is 6.54 Å². The monoisotopic (exact) mass is 173 g/mol. The molecule has 1 amide bonds. The van der Waals surface area contributed by atoms with Gasteiger partial charge in [0.2, 0.25) is 0 Å². The summed E-state index contributed by atoms with van der Waals surface area (Å²) in [5.41, 5.74) is 0. The Balaban J connectivity index is 2.40. The highest BCUT2D eigenvalue weighted by Crippen LogP contribution is 2.15. The molecule has 1 heterocycles. The van der Waals surface area contributed by atoms with Crippen LogP contribution in [0.2, 0.25) is 0 Å². The average Bonchev–Trinajstić information content (AvgIpc) is 2.17. The summed E-state index contributed by atoms with van der Waals surface area (Å²) < 4.78 is 4.59. The Morgan fingerprint density at radius 2 is 2.50 bits per heavy atom. The number of aliphatic hydroxyl groups excluding tert-OH is 1. The van der Waals surface area contributed by atoms with Crippen molar-refractivity contribution in [2.45, 2.75) is 12.8 Å². The standard InChI is InChI=1S/C8H15NO3/c1-12-8(11)9-4-2-3-7(5-9)6-10/h7,10H,2-6H2,1H3/t7-/m0/s1. The Kier molecular flexibility index (Phi) is 3.34. The molecule has 1 fully saturated rings. The second-order valence-electron chi connectivity index (χ2n) is 3.11. The zero-order valence-corrected chi connectivity index (χ0v) is 7.32. The molecule has 1 rings (SSSR count). The van der Waals surface area contributed by atoms with Crippen molar-refractivity contribution in [1.82, 2.24) is 4.90 Å². The zero-order chi connectivity index (χ0) is 8.97. The molecule has 12 heavy (non-hydrogen) atoms. The lowest BCUT2D eigenvalue weighted by Crippen LogP contribution is -2.40. The van der Waals surface area contributed by atoms with Crippen molar-refractivity contribution in [1.29, 1.82) is 0 Å². The Morgan fingerprint density at radius 1 is 1.75 bits per heavy atom. The van der Waals surface area contributed by atoms with Crippen LogP contribution in [0.25, 0.3) is 0 Å². The fraction of sp³-hybridized carbons (Fsp3) is 0.875. The molecule has 1 atom stereocenters. The number of rotatable bonds is 1. The van der Waals surface area contributed by atoms with E-state index in [0.717, 1.165) is 19.4 Å². The molecule has 0 aromatic rings. The molecule has 0 saturated carbocycles. The first kappa shape index (κ1) is 9.32. The van der Waals surface area contributed by atoms with Gasteiger partial charge in [-0.3, -0.25) is 0 Å². The second-order valence-corrected chi connectivity index (χ2v) is 3.11. The van der Waals surface area contributed by atoms with Crippen LogP contribution in [0.1, 0.15) is 12.8 Å². The lowest BCUT2D eigenvalue weighted by atomic mass is 10.00. The van der Waals surface area contributed by atoms with Crippen molar-refractivity contribution < 1.29 is 14.6 Å². The minimum absolute atomic E-state index is 0.160. The third-order valence-corrected chi connectivity index (χ3v) is 2.21. The highest BCUT2D eigenvalue weighted by molar-refractivity contribution is 5.67. The fourth-order valence-electron chi connectivity index (χ4n) is 1.51. The van der Waals surface area contributed by atoms with Gasteiger partial charge in [0, 0.05) is 19.7 Å². The van der Waals surface area contributed by atoms with E-state index >= 15 is 0 Å². The van der Waals surface area contributed by atoms with Gasteiger partial charge in [-0.25, -0.2) is 4.79 Å². The van der Waals surface area contributed by atoms with Crippen LogP contribution in [0.3, 0.4) is 0 Å². The van der Waals surface area contributed by atoms with Crippen LogP contribution < -0.4 is 0 Å². The van der Waals surface area contributed by atoms with Crippen molar-refractivity contribution in [2.75, 3.05) is 26.8 Å². The quantitative estimate of drug-likeness (QED) is 0.626. The van der Waals surface area contributed by atoms with E-state index in [9.17, 15) is 4.79 Å². The van der Waals surface area contributed by atoms with E-state index in [2.05, 4.69) is 4.74 Å². The van der Waals surface area contributed by atoms with Crippen molar-refractivity contribution in [3.63, 3.8) is 0 Å². The number of methoxy groups -OCH3 is 1. The van der Waals surface area contributed by atoms with Crippen molar-refractivity contribution in [3.05, 3.63) is 0 Å². The summed E-state index contributed by atoms with van der Waals surface area (Å²) in [5, 5.41) is 8.88. The molecule has 0 bridgehead atoms. The topological polar surface area (TPSA) is 49.8 Å². The van der Waals surface area contributed by atoms with Crippen LogP contribution in [-0.2, 0) is 4.74 Å². The van der Waals surface area contributed by atoms with Gasteiger partial charge >= 0.3 is 6.09 Å². The van der Waals surface area contributed by atoms with Crippen molar-refractivity contribution in [2.24, 2.45) is 5.92 Å². The number of ether oxygens (including phenoxy) is 1. The van der Waals surface area contributed by atoms with Crippen LogP contribution in [0.5, 0.6) is 0 Å². The zero-order valence-electron chi connectivity index (χ0n) is 7.32. The van der Waals surface area contributed by atoms with Gasteiger partial charge in [-0.1, -0.05) is 0 Å². The molecular weight excluding hydrogens is 158 g/mol. The highest BCUT2D eigenvalue weighted by Gasteiger charge is 2.23. The van der Waals surface area contributed by atoms with Crippen LogP contribution in [0, 0.1) is 5.92 Å². The fourth-order valence-corrected chi connectivity index (χ4v) is 1.51. The van der Waals surface area contributed by atoms with E-state index in [-0.39, 0.29) is 18.6 Å².